The van der Waals surface area contributed by atoms with E-state index in [0.29, 0.717) is 31.2 Å². The van der Waals surface area contributed by atoms with E-state index in [4.69, 9.17) is 11.1 Å². The Labute approximate surface area is 118 Å². The van der Waals surface area contributed by atoms with Crippen LogP contribution in [-0.4, -0.2) is 35.9 Å². The van der Waals surface area contributed by atoms with Crippen molar-refractivity contribution in [1.82, 2.24) is 10.3 Å². The Morgan fingerprint density at radius 2 is 2.35 bits per heavy atom. The number of pyridine rings is 1. The monoisotopic (exact) mass is 275 g/mol. The fourth-order valence-electron chi connectivity index (χ4n) is 2.12. The molecule has 0 aromatic carbocycles. The van der Waals surface area contributed by atoms with Crippen LogP contribution in [0.3, 0.4) is 0 Å². The third kappa shape index (κ3) is 3.69. The van der Waals surface area contributed by atoms with Gasteiger partial charge in [-0.3, -0.25) is 15.2 Å². The summed E-state index contributed by atoms with van der Waals surface area (Å²) in [4.78, 5) is 18.1. The Hall–Kier alpha value is -2.11. The van der Waals surface area contributed by atoms with Crippen molar-refractivity contribution >= 4 is 17.4 Å². The minimum atomic E-state index is -0.156. The summed E-state index contributed by atoms with van der Waals surface area (Å²) in [6.45, 7) is 3.17. The van der Waals surface area contributed by atoms with Gasteiger partial charge in [-0.1, -0.05) is 0 Å². The molecule has 108 valence electrons. The van der Waals surface area contributed by atoms with E-state index >= 15 is 0 Å². The number of nitrogens with two attached hydrogens (primary N) is 1. The maximum atomic E-state index is 11.8. The summed E-state index contributed by atoms with van der Waals surface area (Å²) >= 11 is 0. The highest BCUT2D eigenvalue weighted by Crippen LogP contribution is 2.31. The van der Waals surface area contributed by atoms with E-state index in [1.165, 1.54) is 0 Å². The van der Waals surface area contributed by atoms with Gasteiger partial charge in [-0.15, -0.1) is 0 Å². The van der Waals surface area contributed by atoms with Gasteiger partial charge in [0, 0.05) is 37.4 Å². The first-order chi connectivity index (χ1) is 9.61. The van der Waals surface area contributed by atoms with Crippen molar-refractivity contribution in [3.05, 3.63) is 24.0 Å². The fourth-order valence-corrected chi connectivity index (χ4v) is 2.12. The van der Waals surface area contributed by atoms with Gasteiger partial charge < -0.3 is 16.0 Å². The van der Waals surface area contributed by atoms with Crippen molar-refractivity contribution < 1.29 is 4.79 Å². The van der Waals surface area contributed by atoms with Crippen molar-refractivity contribution in [1.29, 1.82) is 5.41 Å². The lowest BCUT2D eigenvalue weighted by Crippen LogP contribution is -2.30. The van der Waals surface area contributed by atoms with Crippen LogP contribution < -0.4 is 16.0 Å². The average Bonchev–Trinajstić information content (AvgIpc) is 3.24. The summed E-state index contributed by atoms with van der Waals surface area (Å²) < 4.78 is 0. The highest BCUT2D eigenvalue weighted by Gasteiger charge is 2.29. The number of anilines is 1. The van der Waals surface area contributed by atoms with E-state index in [2.05, 4.69) is 15.2 Å². The second-order valence-corrected chi connectivity index (χ2v) is 4.96. The summed E-state index contributed by atoms with van der Waals surface area (Å²) in [5, 5.41) is 10.1. The van der Waals surface area contributed by atoms with E-state index in [9.17, 15) is 4.79 Å². The van der Waals surface area contributed by atoms with Gasteiger partial charge in [0.1, 0.15) is 5.69 Å². The average molecular weight is 275 g/mol. The number of carbonyl (C=O) groups is 1. The molecule has 1 heterocycles. The SMILES string of the molecule is CCNC(=O)c1cc(N(CCC(=N)N)C2CC2)ccn1. The van der Waals surface area contributed by atoms with E-state index in [1.54, 1.807) is 6.20 Å². The van der Waals surface area contributed by atoms with Crippen molar-refractivity contribution in [2.24, 2.45) is 5.73 Å². The Kier molecular flexibility index (Phi) is 4.55. The molecule has 0 bridgehead atoms. The zero-order valence-corrected chi connectivity index (χ0v) is 11.7. The quantitative estimate of drug-likeness (QED) is 0.513. The smallest absolute Gasteiger partial charge is 0.269 e. The lowest BCUT2D eigenvalue weighted by atomic mass is 10.2. The van der Waals surface area contributed by atoms with Gasteiger partial charge in [0.05, 0.1) is 5.84 Å². The molecule has 1 saturated carbocycles. The molecular formula is C14H21N5O. The van der Waals surface area contributed by atoms with Crippen LogP contribution in [0.5, 0.6) is 0 Å². The lowest BCUT2D eigenvalue weighted by Gasteiger charge is -2.24. The number of nitrogens with zero attached hydrogens (tertiary/aromatic N) is 2. The van der Waals surface area contributed by atoms with Crippen LogP contribution >= 0.6 is 0 Å². The van der Waals surface area contributed by atoms with Crippen molar-refractivity contribution in [3.8, 4) is 0 Å². The molecule has 0 unspecified atom stereocenters. The molecule has 6 heteroatoms. The molecule has 2 rings (SSSR count). The van der Waals surface area contributed by atoms with Gasteiger partial charge in [0.15, 0.2) is 0 Å². The minimum absolute atomic E-state index is 0.156. The lowest BCUT2D eigenvalue weighted by molar-refractivity contribution is 0.0951. The minimum Gasteiger partial charge on any atom is -0.388 e. The fraction of sp³-hybridized carbons (Fsp3) is 0.500. The number of aromatic nitrogens is 1. The first kappa shape index (κ1) is 14.3. The van der Waals surface area contributed by atoms with Crippen LogP contribution in [0.15, 0.2) is 18.3 Å². The second kappa shape index (κ2) is 6.36. The number of amidine groups is 1. The number of hydrogen-bond acceptors (Lipinski definition) is 4. The standard InChI is InChI=1S/C14H21N5O/c1-2-17-14(20)12-9-11(5-7-18-12)19(10-3-4-10)8-6-13(15)16/h5,7,9-10H,2-4,6,8H2,1H3,(H3,15,16)(H,17,20). The highest BCUT2D eigenvalue weighted by atomic mass is 16.1. The summed E-state index contributed by atoms with van der Waals surface area (Å²) in [5.74, 6) is 0.0327. The van der Waals surface area contributed by atoms with Crippen LogP contribution in [0.25, 0.3) is 0 Å². The van der Waals surface area contributed by atoms with E-state index in [0.717, 1.165) is 18.5 Å². The normalized spacial score (nSPS) is 13.8. The third-order valence-corrected chi connectivity index (χ3v) is 3.25. The van der Waals surface area contributed by atoms with Crippen LogP contribution in [0.4, 0.5) is 5.69 Å². The molecule has 0 spiro atoms. The molecule has 0 radical (unpaired) electrons. The second-order valence-electron chi connectivity index (χ2n) is 4.96. The van der Waals surface area contributed by atoms with Crippen molar-refractivity contribution in [3.63, 3.8) is 0 Å². The van der Waals surface area contributed by atoms with E-state index < -0.39 is 0 Å². The zero-order chi connectivity index (χ0) is 14.5. The summed E-state index contributed by atoms with van der Waals surface area (Å²) in [5.41, 5.74) is 6.84. The summed E-state index contributed by atoms with van der Waals surface area (Å²) in [7, 11) is 0. The Morgan fingerprint density at radius 1 is 1.60 bits per heavy atom. The largest absolute Gasteiger partial charge is 0.388 e. The Bertz CT molecular complexity index is 498. The number of rotatable bonds is 7. The van der Waals surface area contributed by atoms with Gasteiger partial charge >= 0.3 is 0 Å². The molecule has 1 aromatic rings. The van der Waals surface area contributed by atoms with Gasteiger partial charge in [0.25, 0.3) is 5.91 Å². The number of carbonyl (C=O) groups excluding carboxylic acids is 1. The van der Waals surface area contributed by atoms with Gasteiger partial charge in [-0.2, -0.15) is 0 Å². The summed E-state index contributed by atoms with van der Waals surface area (Å²) in [6.07, 6.45) is 4.49. The molecule has 1 amide bonds. The molecule has 0 atom stereocenters. The molecule has 4 N–H and O–H groups in total. The number of hydrogen-bond donors (Lipinski definition) is 3. The van der Waals surface area contributed by atoms with Gasteiger partial charge in [0.2, 0.25) is 0 Å². The molecular weight excluding hydrogens is 254 g/mol. The van der Waals surface area contributed by atoms with Crippen LogP contribution in [0.2, 0.25) is 0 Å². The Balaban J connectivity index is 2.14. The maximum absolute atomic E-state index is 11.8. The van der Waals surface area contributed by atoms with E-state index in [1.807, 2.05) is 19.1 Å². The van der Waals surface area contributed by atoms with Crippen LogP contribution in [-0.2, 0) is 0 Å². The van der Waals surface area contributed by atoms with Crippen LogP contribution in [0, 0.1) is 5.41 Å². The number of amides is 1. The maximum Gasteiger partial charge on any atom is 0.269 e. The number of nitrogens with one attached hydrogen (secondary N) is 2. The molecule has 20 heavy (non-hydrogen) atoms. The molecule has 1 aromatic heterocycles. The molecule has 1 fully saturated rings. The molecule has 0 aliphatic heterocycles. The van der Waals surface area contributed by atoms with Crippen LogP contribution in [0.1, 0.15) is 36.7 Å². The van der Waals surface area contributed by atoms with Gasteiger partial charge in [-0.05, 0) is 31.9 Å². The molecule has 0 saturated heterocycles. The molecule has 1 aliphatic rings. The first-order valence-corrected chi connectivity index (χ1v) is 6.95. The molecule has 1 aliphatic carbocycles. The predicted octanol–water partition coefficient (Wildman–Crippen LogP) is 1.13. The first-order valence-electron chi connectivity index (χ1n) is 6.95. The van der Waals surface area contributed by atoms with Crippen molar-refractivity contribution in [2.45, 2.75) is 32.2 Å². The highest BCUT2D eigenvalue weighted by molar-refractivity contribution is 5.93. The third-order valence-electron chi connectivity index (χ3n) is 3.25. The summed E-state index contributed by atoms with van der Waals surface area (Å²) in [6, 6.07) is 4.21. The Morgan fingerprint density at radius 3 is 2.95 bits per heavy atom. The van der Waals surface area contributed by atoms with Crippen molar-refractivity contribution in [2.75, 3.05) is 18.0 Å². The topological polar surface area (TPSA) is 95.1 Å². The zero-order valence-electron chi connectivity index (χ0n) is 11.7. The molecule has 6 nitrogen and oxygen atoms in total. The van der Waals surface area contributed by atoms with E-state index in [-0.39, 0.29) is 11.7 Å². The predicted molar refractivity (Wildman–Crippen MR) is 79.1 cm³/mol. The van der Waals surface area contributed by atoms with Gasteiger partial charge in [-0.25, -0.2) is 0 Å².